The van der Waals surface area contributed by atoms with Crippen LogP contribution in [-0.2, 0) is 9.59 Å². The molecule has 0 aliphatic carbocycles. The maximum Gasteiger partial charge on any atom is 0.230 e. The second kappa shape index (κ2) is 5.01. The molecule has 0 aromatic heterocycles. The van der Waals surface area contributed by atoms with E-state index in [1.807, 2.05) is 16.7 Å². The maximum absolute atomic E-state index is 11.6. The molecule has 84 valence electrons. The normalized spacial score (nSPS) is 24.7. The molecule has 2 saturated heterocycles. The molecular formula is C11H17NO2S. The molecule has 1 amide bonds. The molecule has 0 spiro atoms. The van der Waals surface area contributed by atoms with Crippen molar-refractivity contribution in [2.45, 2.75) is 25.7 Å². The highest BCUT2D eigenvalue weighted by Gasteiger charge is 2.26. The Bertz CT molecular complexity index is 261. The van der Waals surface area contributed by atoms with Crippen molar-refractivity contribution in [3.05, 3.63) is 0 Å². The smallest absolute Gasteiger partial charge is 0.230 e. The van der Waals surface area contributed by atoms with Crippen LogP contribution in [-0.4, -0.2) is 41.2 Å². The van der Waals surface area contributed by atoms with E-state index in [-0.39, 0.29) is 18.1 Å². The first-order valence-corrected chi connectivity index (χ1v) is 6.78. The van der Waals surface area contributed by atoms with Crippen LogP contribution in [0, 0.1) is 5.92 Å². The second-order valence-corrected chi connectivity index (χ2v) is 5.59. The Balaban J connectivity index is 1.82. The first-order chi connectivity index (χ1) is 7.25. The minimum Gasteiger partial charge on any atom is -0.342 e. The predicted molar refractivity (Wildman–Crippen MR) is 60.9 cm³/mol. The Morgan fingerprint density at radius 1 is 1.27 bits per heavy atom. The Morgan fingerprint density at radius 2 is 2.00 bits per heavy atom. The maximum atomic E-state index is 11.6. The average Bonchev–Trinajstić information content (AvgIpc) is 2.24. The first-order valence-electron chi connectivity index (χ1n) is 5.63. The van der Waals surface area contributed by atoms with E-state index >= 15 is 0 Å². The predicted octanol–water partition coefficient (Wildman–Crippen LogP) is 1.32. The molecule has 15 heavy (non-hydrogen) atoms. The van der Waals surface area contributed by atoms with Gasteiger partial charge in [0, 0.05) is 19.5 Å². The van der Waals surface area contributed by atoms with E-state index in [0.717, 1.165) is 6.54 Å². The number of Topliss-reactive ketones (excluding diaryl/α,β-unsaturated/α-hetero) is 1. The first kappa shape index (κ1) is 11.0. The molecule has 0 bridgehead atoms. The minimum absolute atomic E-state index is 0.0458. The van der Waals surface area contributed by atoms with Crippen LogP contribution in [0.2, 0.25) is 0 Å². The van der Waals surface area contributed by atoms with Crippen molar-refractivity contribution in [1.82, 2.24) is 4.90 Å². The lowest BCUT2D eigenvalue weighted by Gasteiger charge is -2.31. The summed E-state index contributed by atoms with van der Waals surface area (Å²) in [6.07, 6.45) is 3.15. The van der Waals surface area contributed by atoms with Crippen molar-refractivity contribution in [2.24, 2.45) is 5.92 Å². The van der Waals surface area contributed by atoms with Gasteiger partial charge in [-0.25, -0.2) is 0 Å². The molecule has 0 unspecified atom stereocenters. The number of thioether (sulfide) groups is 1. The van der Waals surface area contributed by atoms with Crippen molar-refractivity contribution in [1.29, 1.82) is 0 Å². The average molecular weight is 227 g/mol. The lowest BCUT2D eigenvalue weighted by Crippen LogP contribution is -2.42. The van der Waals surface area contributed by atoms with Crippen molar-refractivity contribution in [3.63, 3.8) is 0 Å². The fraction of sp³-hybridized carbons (Fsp3) is 0.818. The van der Waals surface area contributed by atoms with Crippen molar-refractivity contribution >= 4 is 23.5 Å². The number of hydrogen-bond acceptors (Lipinski definition) is 3. The van der Waals surface area contributed by atoms with Crippen molar-refractivity contribution < 1.29 is 9.59 Å². The molecule has 2 aliphatic heterocycles. The Labute approximate surface area is 94.6 Å². The summed E-state index contributed by atoms with van der Waals surface area (Å²) in [7, 11) is 0. The molecule has 3 nitrogen and oxygen atoms in total. The van der Waals surface area contributed by atoms with Crippen molar-refractivity contribution in [2.75, 3.05) is 24.6 Å². The van der Waals surface area contributed by atoms with Crippen molar-refractivity contribution in [3.8, 4) is 0 Å². The molecule has 2 heterocycles. The molecule has 0 aromatic rings. The van der Waals surface area contributed by atoms with Gasteiger partial charge in [-0.15, -0.1) is 0 Å². The van der Waals surface area contributed by atoms with Crippen LogP contribution in [0.4, 0.5) is 0 Å². The van der Waals surface area contributed by atoms with Crippen LogP contribution < -0.4 is 0 Å². The van der Waals surface area contributed by atoms with Gasteiger partial charge in [0.25, 0.3) is 0 Å². The highest BCUT2D eigenvalue weighted by molar-refractivity contribution is 7.99. The van der Waals surface area contributed by atoms with Crippen LogP contribution in [0.3, 0.4) is 0 Å². The fourth-order valence-corrected chi connectivity index (χ4v) is 3.39. The Kier molecular flexibility index (Phi) is 3.67. The van der Waals surface area contributed by atoms with E-state index in [1.165, 1.54) is 24.3 Å². The van der Waals surface area contributed by atoms with Crippen LogP contribution >= 0.6 is 11.8 Å². The van der Waals surface area contributed by atoms with Gasteiger partial charge in [-0.1, -0.05) is 0 Å². The third-order valence-corrected chi connectivity index (χ3v) is 4.23. The van der Waals surface area contributed by atoms with Gasteiger partial charge in [0.05, 0.1) is 6.42 Å². The second-order valence-electron chi connectivity index (χ2n) is 4.36. The van der Waals surface area contributed by atoms with Gasteiger partial charge < -0.3 is 4.90 Å². The number of carbonyl (C=O) groups is 2. The largest absolute Gasteiger partial charge is 0.342 e. The van der Waals surface area contributed by atoms with Gasteiger partial charge in [-0.3, -0.25) is 9.59 Å². The highest BCUT2D eigenvalue weighted by atomic mass is 32.2. The van der Waals surface area contributed by atoms with Gasteiger partial charge in [-0.05, 0) is 30.3 Å². The number of ketones is 1. The zero-order chi connectivity index (χ0) is 10.7. The third-order valence-electron chi connectivity index (χ3n) is 3.18. The minimum atomic E-state index is 0.0458. The number of amides is 1. The van der Waals surface area contributed by atoms with E-state index in [1.54, 1.807) is 0 Å². The van der Waals surface area contributed by atoms with E-state index in [2.05, 4.69) is 0 Å². The van der Waals surface area contributed by atoms with E-state index in [9.17, 15) is 9.59 Å². The molecule has 2 aliphatic rings. The quantitative estimate of drug-likeness (QED) is 0.668. The number of likely N-dealkylation sites (tertiary alicyclic amines) is 1. The van der Waals surface area contributed by atoms with Crippen LogP contribution in [0.15, 0.2) is 0 Å². The van der Waals surface area contributed by atoms with Crippen LogP contribution in [0.1, 0.15) is 25.7 Å². The molecule has 0 aromatic carbocycles. The molecule has 0 N–H and O–H groups in total. The highest BCUT2D eigenvalue weighted by Crippen LogP contribution is 2.24. The van der Waals surface area contributed by atoms with Gasteiger partial charge >= 0.3 is 0 Å². The summed E-state index contributed by atoms with van der Waals surface area (Å²) < 4.78 is 0. The third kappa shape index (κ3) is 2.97. The summed E-state index contributed by atoms with van der Waals surface area (Å²) in [6.45, 7) is 1.54. The van der Waals surface area contributed by atoms with E-state index < -0.39 is 0 Å². The summed E-state index contributed by atoms with van der Waals surface area (Å²) in [4.78, 5) is 24.5. The van der Waals surface area contributed by atoms with E-state index in [0.29, 0.717) is 18.9 Å². The lowest BCUT2D eigenvalue weighted by atomic mass is 10.00. The molecule has 0 radical (unpaired) electrons. The molecule has 0 saturated carbocycles. The number of hydrogen-bond donors (Lipinski definition) is 0. The molecular weight excluding hydrogens is 210 g/mol. The number of carbonyl (C=O) groups excluding carboxylic acids is 2. The van der Waals surface area contributed by atoms with E-state index in [4.69, 9.17) is 0 Å². The monoisotopic (exact) mass is 227 g/mol. The summed E-state index contributed by atoms with van der Waals surface area (Å²) >= 11 is 2.00. The van der Waals surface area contributed by atoms with Crippen LogP contribution in [0.25, 0.3) is 0 Å². The summed E-state index contributed by atoms with van der Waals surface area (Å²) in [6, 6.07) is 0. The zero-order valence-electron chi connectivity index (χ0n) is 8.91. The van der Waals surface area contributed by atoms with Gasteiger partial charge in [-0.2, -0.15) is 11.8 Å². The Hall–Kier alpha value is -0.510. The summed E-state index contributed by atoms with van der Waals surface area (Å²) in [5.41, 5.74) is 0. The lowest BCUT2D eigenvalue weighted by molar-refractivity contribution is -0.139. The van der Waals surface area contributed by atoms with Crippen LogP contribution in [0.5, 0.6) is 0 Å². The summed E-state index contributed by atoms with van der Waals surface area (Å²) in [5, 5.41) is 0. The molecule has 2 fully saturated rings. The topological polar surface area (TPSA) is 37.4 Å². The standard InChI is InChI=1S/C11H17NO2S/c13-10-1-4-12(11(14)7-10)8-9-2-5-15-6-3-9/h9H,1-8H2. The van der Waals surface area contributed by atoms with Gasteiger partial charge in [0.1, 0.15) is 5.78 Å². The number of rotatable bonds is 2. The number of nitrogens with zero attached hydrogens (tertiary/aromatic N) is 1. The molecule has 4 heteroatoms. The Morgan fingerprint density at radius 3 is 2.67 bits per heavy atom. The molecule has 0 atom stereocenters. The van der Waals surface area contributed by atoms with Gasteiger partial charge in [0.15, 0.2) is 0 Å². The zero-order valence-corrected chi connectivity index (χ0v) is 9.72. The fourth-order valence-electron chi connectivity index (χ4n) is 2.19. The molecule has 2 rings (SSSR count). The van der Waals surface area contributed by atoms with Gasteiger partial charge in [0.2, 0.25) is 5.91 Å². The SMILES string of the molecule is O=C1CCN(CC2CCSCC2)C(=O)C1. The summed E-state index contributed by atoms with van der Waals surface area (Å²) in [5.74, 6) is 3.28. The number of piperidine rings is 1.